The van der Waals surface area contributed by atoms with Crippen LogP contribution < -0.4 is 0 Å². The van der Waals surface area contributed by atoms with Crippen molar-refractivity contribution in [2.45, 2.75) is 47.0 Å². The highest BCUT2D eigenvalue weighted by molar-refractivity contribution is 5.54. The summed E-state index contributed by atoms with van der Waals surface area (Å²) in [6.45, 7) is 8.75. The molecule has 0 bridgehead atoms. The Bertz CT molecular complexity index is 318. The van der Waals surface area contributed by atoms with Crippen LogP contribution in [0.15, 0.2) is 6.08 Å². The van der Waals surface area contributed by atoms with Crippen molar-refractivity contribution in [2.24, 2.45) is 0 Å². The third-order valence-electron chi connectivity index (χ3n) is 2.73. The molecule has 0 amide bonds. The molecule has 0 aromatic carbocycles. The number of rotatable bonds is 4. The number of H-pyrrole nitrogens is 1. The van der Waals surface area contributed by atoms with Crippen LogP contribution in [0.4, 0.5) is 0 Å². The highest BCUT2D eigenvalue weighted by atomic mass is 14.7. The summed E-state index contributed by atoms with van der Waals surface area (Å²) >= 11 is 0. The van der Waals surface area contributed by atoms with Crippen molar-refractivity contribution in [1.82, 2.24) is 4.98 Å². The van der Waals surface area contributed by atoms with E-state index in [1.165, 1.54) is 22.5 Å². The van der Waals surface area contributed by atoms with E-state index in [1.807, 2.05) is 0 Å². The second-order valence-electron chi connectivity index (χ2n) is 3.53. The van der Waals surface area contributed by atoms with Gasteiger partial charge in [-0.2, -0.15) is 0 Å². The van der Waals surface area contributed by atoms with E-state index in [9.17, 15) is 0 Å². The molecule has 1 rings (SSSR count). The van der Waals surface area contributed by atoms with Gasteiger partial charge in [0.1, 0.15) is 0 Å². The summed E-state index contributed by atoms with van der Waals surface area (Å²) in [6, 6.07) is 0. The van der Waals surface area contributed by atoms with Gasteiger partial charge < -0.3 is 4.98 Å². The number of nitrogens with one attached hydrogen (secondary N) is 1. The molecule has 0 radical (unpaired) electrons. The highest BCUT2D eigenvalue weighted by Crippen LogP contribution is 2.22. The van der Waals surface area contributed by atoms with Gasteiger partial charge in [-0.25, -0.2) is 0 Å². The van der Waals surface area contributed by atoms with Gasteiger partial charge in [0.15, 0.2) is 0 Å². The predicted molar refractivity (Wildman–Crippen MR) is 63.6 cm³/mol. The molecule has 1 N–H and O–H groups in total. The molecule has 0 saturated heterocycles. The topological polar surface area (TPSA) is 15.8 Å². The molecule has 1 nitrogen and oxygen atoms in total. The molecule has 0 atom stereocenters. The van der Waals surface area contributed by atoms with Crippen molar-refractivity contribution >= 4 is 6.08 Å². The molecule has 0 aliphatic heterocycles. The average molecular weight is 191 g/mol. The Hall–Kier alpha value is -0.980. The average Bonchev–Trinajstić information content (AvgIpc) is 2.55. The van der Waals surface area contributed by atoms with Gasteiger partial charge in [0, 0.05) is 11.4 Å². The van der Waals surface area contributed by atoms with Crippen LogP contribution in [-0.4, -0.2) is 4.98 Å². The van der Waals surface area contributed by atoms with Crippen molar-refractivity contribution in [3.8, 4) is 0 Å². The maximum atomic E-state index is 3.52. The molecule has 14 heavy (non-hydrogen) atoms. The summed E-state index contributed by atoms with van der Waals surface area (Å²) in [6.07, 6.45) is 7.65. The zero-order valence-corrected chi connectivity index (χ0v) is 9.78. The van der Waals surface area contributed by atoms with Crippen LogP contribution in [-0.2, 0) is 19.3 Å². The maximum absolute atomic E-state index is 3.52. The molecule has 1 aromatic heterocycles. The molecular formula is C13H21N. The number of aromatic amines is 1. The predicted octanol–water partition coefficient (Wildman–Crippen LogP) is 3.74. The lowest BCUT2D eigenvalue weighted by atomic mass is 10.0. The fourth-order valence-corrected chi connectivity index (χ4v) is 2.10. The second kappa shape index (κ2) is 5.04. The maximum Gasteiger partial charge on any atom is 0.0414 e. The number of allylic oxidation sites excluding steroid dienone is 1. The van der Waals surface area contributed by atoms with Gasteiger partial charge in [0.2, 0.25) is 0 Å². The number of hydrogen-bond acceptors (Lipinski definition) is 0. The number of aryl methyl sites for hydroxylation is 1. The third kappa shape index (κ3) is 1.92. The minimum atomic E-state index is 1.10. The van der Waals surface area contributed by atoms with Crippen LogP contribution in [0.3, 0.4) is 0 Å². The Morgan fingerprint density at radius 3 is 2.07 bits per heavy atom. The zero-order chi connectivity index (χ0) is 10.6. The van der Waals surface area contributed by atoms with Gasteiger partial charge in [-0.05, 0) is 43.4 Å². The summed E-state index contributed by atoms with van der Waals surface area (Å²) in [7, 11) is 0. The van der Waals surface area contributed by atoms with Crippen LogP contribution in [0.1, 0.15) is 50.2 Å². The lowest BCUT2D eigenvalue weighted by molar-refractivity contribution is 0.985. The zero-order valence-electron chi connectivity index (χ0n) is 9.78. The van der Waals surface area contributed by atoms with E-state index in [0.29, 0.717) is 0 Å². The molecule has 1 aromatic rings. The third-order valence-corrected chi connectivity index (χ3v) is 2.73. The number of hydrogen-bond donors (Lipinski definition) is 1. The first kappa shape index (κ1) is 11.1. The molecule has 1 heterocycles. The summed E-state index contributed by atoms with van der Waals surface area (Å²) in [5.74, 6) is 0. The van der Waals surface area contributed by atoms with Crippen LogP contribution in [0.5, 0.6) is 0 Å². The summed E-state index contributed by atoms with van der Waals surface area (Å²) < 4.78 is 0. The van der Waals surface area contributed by atoms with E-state index in [2.05, 4.69) is 44.8 Å². The molecule has 0 spiro atoms. The van der Waals surface area contributed by atoms with Gasteiger partial charge in [-0.15, -0.1) is 0 Å². The minimum Gasteiger partial charge on any atom is -0.358 e. The van der Waals surface area contributed by atoms with Crippen molar-refractivity contribution in [2.75, 3.05) is 0 Å². The van der Waals surface area contributed by atoms with Crippen molar-refractivity contribution < 1.29 is 0 Å². The Morgan fingerprint density at radius 1 is 1.00 bits per heavy atom. The molecule has 1 heteroatoms. The molecular weight excluding hydrogens is 170 g/mol. The number of aromatic nitrogens is 1. The smallest absolute Gasteiger partial charge is 0.0414 e. The van der Waals surface area contributed by atoms with E-state index in [1.54, 1.807) is 0 Å². The fraction of sp³-hybridized carbons (Fsp3) is 0.538. The van der Waals surface area contributed by atoms with Crippen molar-refractivity contribution in [3.05, 3.63) is 28.6 Å². The second-order valence-corrected chi connectivity index (χ2v) is 3.53. The van der Waals surface area contributed by atoms with E-state index in [0.717, 1.165) is 19.3 Å². The quantitative estimate of drug-likeness (QED) is 0.746. The van der Waals surface area contributed by atoms with E-state index >= 15 is 0 Å². The van der Waals surface area contributed by atoms with Crippen LogP contribution in [0.2, 0.25) is 0 Å². The highest BCUT2D eigenvalue weighted by Gasteiger charge is 2.10. The van der Waals surface area contributed by atoms with E-state index in [-0.39, 0.29) is 0 Å². The van der Waals surface area contributed by atoms with Gasteiger partial charge >= 0.3 is 0 Å². The van der Waals surface area contributed by atoms with Crippen molar-refractivity contribution in [3.63, 3.8) is 0 Å². The summed E-state index contributed by atoms with van der Waals surface area (Å²) in [5.41, 5.74) is 5.76. The van der Waals surface area contributed by atoms with Gasteiger partial charge in [0.05, 0.1) is 0 Å². The van der Waals surface area contributed by atoms with Crippen LogP contribution in [0.25, 0.3) is 6.08 Å². The Labute approximate surface area is 87.2 Å². The normalized spacial score (nSPS) is 11.4. The first-order valence-corrected chi connectivity index (χ1v) is 5.63. The van der Waals surface area contributed by atoms with Crippen molar-refractivity contribution in [1.29, 1.82) is 0 Å². The molecule has 78 valence electrons. The monoisotopic (exact) mass is 191 g/mol. The fourth-order valence-electron chi connectivity index (χ4n) is 2.10. The summed E-state index contributed by atoms with van der Waals surface area (Å²) in [5, 5.41) is 0. The molecule has 0 unspecified atom stereocenters. The van der Waals surface area contributed by atoms with Crippen LogP contribution in [0, 0.1) is 0 Å². The molecule has 0 aliphatic carbocycles. The minimum absolute atomic E-state index is 1.10. The first-order chi connectivity index (χ1) is 6.78. The Kier molecular flexibility index (Phi) is 3.99. The Balaban J connectivity index is 3.23. The molecule has 0 aliphatic rings. The molecule has 0 saturated carbocycles. The first-order valence-electron chi connectivity index (χ1n) is 5.63. The lowest BCUT2D eigenvalue weighted by Gasteiger charge is -2.00. The standard InChI is InChI=1S/C13H21N/c1-5-9-13-11(7-3)10(6-2)12(8-4)14-13/h5,9,14H,6-8H2,1-4H3/b9-5-. The summed E-state index contributed by atoms with van der Waals surface area (Å²) in [4.78, 5) is 3.52. The largest absolute Gasteiger partial charge is 0.358 e. The van der Waals surface area contributed by atoms with Gasteiger partial charge in [-0.3, -0.25) is 0 Å². The lowest BCUT2D eigenvalue weighted by Crippen LogP contribution is -1.90. The van der Waals surface area contributed by atoms with Gasteiger partial charge in [0.25, 0.3) is 0 Å². The molecule has 0 fully saturated rings. The van der Waals surface area contributed by atoms with E-state index < -0.39 is 0 Å². The van der Waals surface area contributed by atoms with Gasteiger partial charge in [-0.1, -0.05) is 26.8 Å². The van der Waals surface area contributed by atoms with Crippen LogP contribution >= 0.6 is 0 Å². The van der Waals surface area contributed by atoms with E-state index in [4.69, 9.17) is 0 Å². The Morgan fingerprint density at radius 2 is 1.64 bits per heavy atom. The SMILES string of the molecule is C/C=C\c1[nH]c(CC)c(CC)c1CC.